The van der Waals surface area contributed by atoms with E-state index in [0.717, 1.165) is 5.56 Å². The third-order valence-electron chi connectivity index (χ3n) is 2.65. The first-order valence-electron chi connectivity index (χ1n) is 6.16. The predicted molar refractivity (Wildman–Crippen MR) is 83.0 cm³/mol. The monoisotopic (exact) mass is 325 g/mol. The maximum absolute atomic E-state index is 11.8. The number of carbonyl (C=O) groups excluding carboxylic acids is 1. The van der Waals surface area contributed by atoms with Crippen molar-refractivity contribution >= 4 is 34.8 Å². The highest BCUT2D eigenvalue weighted by Crippen LogP contribution is 2.25. The van der Waals surface area contributed by atoms with E-state index in [0.29, 0.717) is 21.5 Å². The van der Waals surface area contributed by atoms with Gasteiger partial charge in [0.25, 0.3) is 5.91 Å². The number of amides is 1. The number of benzene rings is 2. The number of aliphatic hydroxyl groups excluding tert-OH is 1. The molecular formula is C15H13Cl2NO3. The van der Waals surface area contributed by atoms with Gasteiger partial charge in [-0.2, -0.15) is 0 Å². The van der Waals surface area contributed by atoms with Crippen LogP contribution in [-0.2, 0) is 11.4 Å². The van der Waals surface area contributed by atoms with Crippen molar-refractivity contribution in [3.05, 3.63) is 58.1 Å². The van der Waals surface area contributed by atoms with Gasteiger partial charge in [0.15, 0.2) is 6.61 Å². The summed E-state index contributed by atoms with van der Waals surface area (Å²) in [5.41, 5.74) is 1.26. The molecule has 0 saturated heterocycles. The van der Waals surface area contributed by atoms with E-state index in [1.165, 1.54) is 0 Å². The molecule has 0 aromatic heterocycles. The summed E-state index contributed by atoms with van der Waals surface area (Å²) in [6, 6.07) is 11.7. The molecule has 2 aromatic rings. The third kappa shape index (κ3) is 4.63. The summed E-state index contributed by atoms with van der Waals surface area (Å²) >= 11 is 11.7. The van der Waals surface area contributed by atoms with E-state index in [9.17, 15) is 4.79 Å². The van der Waals surface area contributed by atoms with Crippen molar-refractivity contribution in [2.24, 2.45) is 0 Å². The Bertz CT molecular complexity index is 647. The zero-order valence-electron chi connectivity index (χ0n) is 11.0. The Hall–Kier alpha value is -1.75. The first kappa shape index (κ1) is 15.6. The molecule has 2 rings (SSSR count). The topological polar surface area (TPSA) is 58.6 Å². The summed E-state index contributed by atoms with van der Waals surface area (Å²) in [7, 11) is 0. The molecule has 0 aliphatic carbocycles. The number of ether oxygens (including phenoxy) is 1. The smallest absolute Gasteiger partial charge is 0.262 e. The van der Waals surface area contributed by atoms with Crippen molar-refractivity contribution in [3.63, 3.8) is 0 Å². The minimum absolute atomic E-state index is 0.0767. The van der Waals surface area contributed by atoms with Crippen LogP contribution in [0.15, 0.2) is 42.5 Å². The lowest BCUT2D eigenvalue weighted by Gasteiger charge is -2.09. The zero-order valence-corrected chi connectivity index (χ0v) is 12.5. The molecule has 6 heteroatoms. The van der Waals surface area contributed by atoms with E-state index in [1.807, 2.05) is 0 Å². The SMILES string of the molecule is O=C(COc1cccc(CO)c1)Nc1ccc(Cl)c(Cl)c1. The molecule has 1 amide bonds. The van der Waals surface area contributed by atoms with Crippen molar-refractivity contribution in [1.82, 2.24) is 0 Å². The van der Waals surface area contributed by atoms with Crippen LogP contribution in [-0.4, -0.2) is 17.6 Å². The van der Waals surface area contributed by atoms with Gasteiger partial charge >= 0.3 is 0 Å². The summed E-state index contributed by atoms with van der Waals surface area (Å²) < 4.78 is 5.35. The molecule has 0 unspecified atom stereocenters. The van der Waals surface area contributed by atoms with E-state index in [-0.39, 0.29) is 19.1 Å². The lowest BCUT2D eigenvalue weighted by atomic mass is 10.2. The lowest BCUT2D eigenvalue weighted by molar-refractivity contribution is -0.118. The average Bonchev–Trinajstić information content (AvgIpc) is 2.49. The molecule has 0 bridgehead atoms. The molecule has 0 aliphatic heterocycles. The van der Waals surface area contributed by atoms with Crippen LogP contribution in [0.4, 0.5) is 5.69 Å². The van der Waals surface area contributed by atoms with Crippen molar-refractivity contribution in [1.29, 1.82) is 0 Å². The van der Waals surface area contributed by atoms with E-state index < -0.39 is 0 Å². The number of nitrogens with one attached hydrogen (secondary N) is 1. The van der Waals surface area contributed by atoms with Crippen LogP contribution in [0.2, 0.25) is 10.0 Å². The molecule has 2 aromatic carbocycles. The molecule has 21 heavy (non-hydrogen) atoms. The van der Waals surface area contributed by atoms with Crippen LogP contribution in [0, 0.1) is 0 Å². The van der Waals surface area contributed by atoms with Gasteiger partial charge in [-0.05, 0) is 35.9 Å². The number of aliphatic hydroxyl groups is 1. The fourth-order valence-corrected chi connectivity index (χ4v) is 1.95. The Morgan fingerprint density at radius 1 is 1.14 bits per heavy atom. The number of hydrogen-bond donors (Lipinski definition) is 2. The first-order valence-corrected chi connectivity index (χ1v) is 6.91. The van der Waals surface area contributed by atoms with Gasteiger partial charge in [0.2, 0.25) is 0 Å². The minimum atomic E-state index is -0.317. The van der Waals surface area contributed by atoms with Crippen molar-refractivity contribution < 1.29 is 14.6 Å². The highest BCUT2D eigenvalue weighted by molar-refractivity contribution is 6.42. The molecule has 0 fully saturated rings. The Kier molecular flexibility index (Phi) is 5.44. The van der Waals surface area contributed by atoms with Gasteiger partial charge in [0, 0.05) is 5.69 Å². The van der Waals surface area contributed by atoms with E-state index >= 15 is 0 Å². The van der Waals surface area contributed by atoms with Gasteiger partial charge in [-0.15, -0.1) is 0 Å². The molecule has 0 heterocycles. The van der Waals surface area contributed by atoms with Crippen LogP contribution >= 0.6 is 23.2 Å². The number of rotatable bonds is 5. The van der Waals surface area contributed by atoms with Crippen molar-refractivity contribution in [2.75, 3.05) is 11.9 Å². The van der Waals surface area contributed by atoms with E-state index in [2.05, 4.69) is 5.32 Å². The quantitative estimate of drug-likeness (QED) is 0.884. The van der Waals surface area contributed by atoms with Crippen LogP contribution in [0.5, 0.6) is 5.75 Å². The lowest BCUT2D eigenvalue weighted by Crippen LogP contribution is -2.20. The number of carbonyl (C=O) groups is 1. The summed E-state index contributed by atoms with van der Waals surface area (Å²) in [6.45, 7) is -0.220. The third-order valence-corrected chi connectivity index (χ3v) is 3.39. The van der Waals surface area contributed by atoms with E-state index in [1.54, 1.807) is 42.5 Å². The van der Waals surface area contributed by atoms with Crippen molar-refractivity contribution in [3.8, 4) is 5.75 Å². The Morgan fingerprint density at radius 3 is 2.67 bits per heavy atom. The second-order valence-electron chi connectivity index (χ2n) is 4.27. The van der Waals surface area contributed by atoms with Crippen LogP contribution in [0.25, 0.3) is 0 Å². The van der Waals surface area contributed by atoms with Gasteiger partial charge in [-0.3, -0.25) is 4.79 Å². The molecule has 110 valence electrons. The molecule has 0 saturated carbocycles. The normalized spacial score (nSPS) is 10.2. The van der Waals surface area contributed by atoms with Gasteiger partial charge in [0.05, 0.1) is 16.7 Å². The Balaban J connectivity index is 1.91. The summed E-state index contributed by atoms with van der Waals surface area (Å²) in [4.78, 5) is 11.8. The number of halogens is 2. The van der Waals surface area contributed by atoms with Crippen LogP contribution in [0.3, 0.4) is 0 Å². The highest BCUT2D eigenvalue weighted by atomic mass is 35.5. The summed E-state index contributed by atoms with van der Waals surface area (Å²) in [5, 5.41) is 12.5. The second kappa shape index (κ2) is 7.31. The Morgan fingerprint density at radius 2 is 1.95 bits per heavy atom. The molecule has 0 aliphatic rings. The zero-order chi connectivity index (χ0) is 15.2. The van der Waals surface area contributed by atoms with Crippen LogP contribution in [0.1, 0.15) is 5.56 Å². The fraction of sp³-hybridized carbons (Fsp3) is 0.133. The molecule has 4 nitrogen and oxygen atoms in total. The first-order chi connectivity index (χ1) is 10.1. The molecular weight excluding hydrogens is 313 g/mol. The standard InChI is InChI=1S/C15H13Cl2NO3/c16-13-5-4-11(7-14(13)17)18-15(20)9-21-12-3-1-2-10(6-12)8-19/h1-7,19H,8-9H2,(H,18,20). The van der Waals surface area contributed by atoms with E-state index in [4.69, 9.17) is 33.0 Å². The maximum atomic E-state index is 11.8. The van der Waals surface area contributed by atoms with Crippen LogP contribution < -0.4 is 10.1 Å². The summed E-state index contributed by atoms with van der Waals surface area (Å²) in [5.74, 6) is 0.202. The fourth-order valence-electron chi connectivity index (χ4n) is 1.65. The predicted octanol–water partition coefficient (Wildman–Crippen LogP) is 3.50. The molecule has 0 atom stereocenters. The minimum Gasteiger partial charge on any atom is -0.484 e. The number of anilines is 1. The highest BCUT2D eigenvalue weighted by Gasteiger charge is 2.06. The maximum Gasteiger partial charge on any atom is 0.262 e. The van der Waals surface area contributed by atoms with Gasteiger partial charge in [-0.1, -0.05) is 35.3 Å². The average molecular weight is 326 g/mol. The molecule has 0 spiro atoms. The molecule has 0 radical (unpaired) electrons. The second-order valence-corrected chi connectivity index (χ2v) is 5.09. The van der Waals surface area contributed by atoms with Gasteiger partial charge in [-0.25, -0.2) is 0 Å². The Labute approximate surface area is 132 Å². The number of hydrogen-bond acceptors (Lipinski definition) is 3. The van der Waals surface area contributed by atoms with Gasteiger partial charge < -0.3 is 15.2 Å². The largest absolute Gasteiger partial charge is 0.484 e. The summed E-state index contributed by atoms with van der Waals surface area (Å²) in [6.07, 6.45) is 0. The molecule has 2 N–H and O–H groups in total. The van der Waals surface area contributed by atoms with Gasteiger partial charge in [0.1, 0.15) is 5.75 Å². The van der Waals surface area contributed by atoms with Crippen molar-refractivity contribution in [2.45, 2.75) is 6.61 Å².